The molecule has 2 saturated carbocycles. The zero-order chi connectivity index (χ0) is 19.2. The van der Waals surface area contributed by atoms with Crippen LogP contribution in [0.3, 0.4) is 0 Å². The van der Waals surface area contributed by atoms with Gasteiger partial charge in [-0.1, -0.05) is 25.0 Å². The highest BCUT2D eigenvalue weighted by Gasteiger charge is 2.24. The van der Waals surface area contributed by atoms with E-state index in [9.17, 15) is 0 Å². The van der Waals surface area contributed by atoms with Gasteiger partial charge >= 0.3 is 0 Å². The van der Waals surface area contributed by atoms with E-state index in [-0.39, 0.29) is 6.10 Å². The molecule has 4 rings (SSSR count). The molecule has 2 fully saturated rings. The van der Waals surface area contributed by atoms with E-state index in [1.165, 1.54) is 25.7 Å². The number of rotatable bonds is 8. The second-order valence-electron chi connectivity index (χ2n) is 7.99. The van der Waals surface area contributed by atoms with Crippen LogP contribution >= 0.6 is 0 Å². The van der Waals surface area contributed by atoms with Crippen molar-refractivity contribution in [3.8, 4) is 11.5 Å². The summed E-state index contributed by atoms with van der Waals surface area (Å²) in [4.78, 5) is 4.52. The summed E-state index contributed by atoms with van der Waals surface area (Å²) in [5.41, 5.74) is 2.20. The first-order chi connectivity index (χ1) is 13.8. The molecular weight excluding hydrogens is 350 g/mol. The van der Waals surface area contributed by atoms with E-state index in [1.807, 2.05) is 24.4 Å². The quantitative estimate of drug-likeness (QED) is 0.592. The van der Waals surface area contributed by atoms with Crippen molar-refractivity contribution in [3.63, 3.8) is 0 Å². The molecule has 4 nitrogen and oxygen atoms in total. The number of ether oxygens (including phenoxy) is 3. The molecule has 0 bridgehead atoms. The van der Waals surface area contributed by atoms with E-state index in [2.05, 4.69) is 23.2 Å². The number of pyridine rings is 1. The molecule has 1 aromatic carbocycles. The first kappa shape index (κ1) is 19.3. The van der Waals surface area contributed by atoms with Crippen LogP contribution < -0.4 is 9.47 Å². The summed E-state index contributed by atoms with van der Waals surface area (Å²) in [7, 11) is 1.71. The van der Waals surface area contributed by atoms with Crippen LogP contribution in [0.4, 0.5) is 0 Å². The smallest absolute Gasteiger partial charge is 0.161 e. The van der Waals surface area contributed by atoms with Crippen molar-refractivity contribution >= 4 is 0 Å². The summed E-state index contributed by atoms with van der Waals surface area (Å²) in [5, 5.41) is 0. The summed E-state index contributed by atoms with van der Waals surface area (Å²) >= 11 is 0. The zero-order valence-electron chi connectivity index (χ0n) is 16.8. The third kappa shape index (κ3) is 4.85. The molecule has 0 saturated heterocycles. The van der Waals surface area contributed by atoms with Gasteiger partial charge in [0.2, 0.25) is 0 Å². The molecule has 0 amide bonds. The van der Waals surface area contributed by atoms with Gasteiger partial charge in [-0.25, -0.2) is 0 Å². The minimum Gasteiger partial charge on any atom is -0.493 e. The lowest BCUT2D eigenvalue weighted by Gasteiger charge is -2.24. The van der Waals surface area contributed by atoms with E-state index in [1.54, 1.807) is 7.11 Å². The number of hydrogen-bond acceptors (Lipinski definition) is 4. The Kier molecular flexibility index (Phi) is 6.48. The Morgan fingerprint density at radius 1 is 0.929 bits per heavy atom. The molecule has 2 aliphatic carbocycles. The number of methoxy groups -OCH3 is 1. The summed E-state index contributed by atoms with van der Waals surface area (Å²) in [6.07, 6.45) is 12.8. The van der Waals surface area contributed by atoms with E-state index < -0.39 is 0 Å². The lowest BCUT2D eigenvalue weighted by molar-refractivity contribution is -0.00980. The van der Waals surface area contributed by atoms with Crippen molar-refractivity contribution < 1.29 is 14.2 Å². The van der Waals surface area contributed by atoms with Gasteiger partial charge in [-0.3, -0.25) is 4.98 Å². The lowest BCUT2D eigenvalue weighted by atomic mass is 10.0. The predicted molar refractivity (Wildman–Crippen MR) is 110 cm³/mol. The van der Waals surface area contributed by atoms with E-state index >= 15 is 0 Å². The molecule has 150 valence electrons. The predicted octanol–water partition coefficient (Wildman–Crippen LogP) is 5.65. The fourth-order valence-electron chi connectivity index (χ4n) is 4.38. The zero-order valence-corrected chi connectivity index (χ0v) is 16.8. The van der Waals surface area contributed by atoms with E-state index in [0.29, 0.717) is 12.2 Å². The standard InChI is InChI=1S/C24H31NO3/c1-26-22-14-13-18(16-24(22)28-21-11-4-5-12-21)23(27-20-9-2-3-10-20)17-19-8-6-7-15-25-19/h6-8,13-16,20-21,23H,2-5,9-12,17H2,1H3. The maximum atomic E-state index is 6.56. The highest BCUT2D eigenvalue weighted by atomic mass is 16.5. The van der Waals surface area contributed by atoms with Crippen molar-refractivity contribution in [2.45, 2.75) is 76.1 Å². The fraction of sp³-hybridized carbons (Fsp3) is 0.542. The Morgan fingerprint density at radius 2 is 1.68 bits per heavy atom. The van der Waals surface area contributed by atoms with Crippen LogP contribution in [0, 0.1) is 0 Å². The molecule has 0 aliphatic heterocycles. The number of aromatic nitrogens is 1. The van der Waals surface area contributed by atoms with Gasteiger partial charge in [0, 0.05) is 18.3 Å². The Morgan fingerprint density at radius 3 is 2.36 bits per heavy atom. The third-order valence-electron chi connectivity index (χ3n) is 5.93. The number of hydrogen-bond donors (Lipinski definition) is 0. The highest BCUT2D eigenvalue weighted by molar-refractivity contribution is 5.44. The van der Waals surface area contributed by atoms with Gasteiger partial charge in [0.15, 0.2) is 11.5 Å². The summed E-state index contributed by atoms with van der Waals surface area (Å²) in [6, 6.07) is 12.3. The average Bonchev–Trinajstić information content (AvgIpc) is 3.42. The largest absolute Gasteiger partial charge is 0.493 e. The van der Waals surface area contributed by atoms with Crippen LogP contribution in [-0.2, 0) is 11.2 Å². The molecule has 2 aliphatic rings. The minimum atomic E-state index is -0.0187. The van der Waals surface area contributed by atoms with Crippen LogP contribution in [0.2, 0.25) is 0 Å². The van der Waals surface area contributed by atoms with Crippen LogP contribution in [0.1, 0.15) is 68.7 Å². The molecule has 2 aromatic rings. The van der Waals surface area contributed by atoms with Gasteiger partial charge in [0.05, 0.1) is 25.4 Å². The van der Waals surface area contributed by atoms with Crippen molar-refractivity contribution in [1.29, 1.82) is 0 Å². The normalized spacial score (nSPS) is 19.0. The van der Waals surface area contributed by atoms with Gasteiger partial charge < -0.3 is 14.2 Å². The van der Waals surface area contributed by atoms with Crippen molar-refractivity contribution in [2.24, 2.45) is 0 Å². The van der Waals surface area contributed by atoms with Crippen LogP contribution in [0.15, 0.2) is 42.6 Å². The molecule has 1 heterocycles. The first-order valence-corrected chi connectivity index (χ1v) is 10.7. The Hall–Kier alpha value is -2.07. The van der Waals surface area contributed by atoms with Crippen molar-refractivity contribution in [2.75, 3.05) is 7.11 Å². The maximum absolute atomic E-state index is 6.56. The summed E-state index contributed by atoms with van der Waals surface area (Å²) in [5.74, 6) is 1.64. The number of benzene rings is 1. The van der Waals surface area contributed by atoms with Gasteiger partial charge in [-0.2, -0.15) is 0 Å². The maximum Gasteiger partial charge on any atom is 0.161 e. The van der Waals surface area contributed by atoms with E-state index in [0.717, 1.165) is 54.9 Å². The Bertz CT molecular complexity index is 737. The Labute approximate surface area is 168 Å². The van der Waals surface area contributed by atoms with Crippen LogP contribution in [0.5, 0.6) is 11.5 Å². The molecule has 1 aromatic heterocycles. The first-order valence-electron chi connectivity index (χ1n) is 10.7. The fourth-order valence-corrected chi connectivity index (χ4v) is 4.38. The number of nitrogens with zero attached hydrogens (tertiary/aromatic N) is 1. The van der Waals surface area contributed by atoms with Gasteiger partial charge in [0.1, 0.15) is 0 Å². The third-order valence-corrected chi connectivity index (χ3v) is 5.93. The molecule has 4 heteroatoms. The molecule has 1 atom stereocenters. The second kappa shape index (κ2) is 9.42. The monoisotopic (exact) mass is 381 g/mol. The minimum absolute atomic E-state index is 0.0187. The van der Waals surface area contributed by atoms with Gasteiger partial charge in [-0.05, 0) is 68.4 Å². The molecule has 0 radical (unpaired) electrons. The topological polar surface area (TPSA) is 40.6 Å². The summed E-state index contributed by atoms with van der Waals surface area (Å²) in [6.45, 7) is 0. The molecule has 0 spiro atoms. The molecule has 28 heavy (non-hydrogen) atoms. The van der Waals surface area contributed by atoms with Gasteiger partial charge in [-0.15, -0.1) is 0 Å². The Balaban J connectivity index is 1.58. The summed E-state index contributed by atoms with van der Waals surface area (Å²) < 4.78 is 18.4. The van der Waals surface area contributed by atoms with E-state index in [4.69, 9.17) is 14.2 Å². The van der Waals surface area contributed by atoms with Crippen molar-refractivity contribution in [1.82, 2.24) is 4.98 Å². The highest BCUT2D eigenvalue weighted by Crippen LogP contribution is 2.37. The SMILES string of the molecule is COc1ccc(C(Cc2ccccn2)OC2CCCC2)cc1OC1CCCC1. The van der Waals surface area contributed by atoms with Crippen molar-refractivity contribution in [3.05, 3.63) is 53.9 Å². The average molecular weight is 382 g/mol. The van der Waals surface area contributed by atoms with Crippen LogP contribution in [-0.4, -0.2) is 24.3 Å². The molecule has 0 N–H and O–H groups in total. The lowest BCUT2D eigenvalue weighted by Crippen LogP contribution is -2.17. The molecular formula is C24H31NO3. The van der Waals surface area contributed by atoms with Crippen LogP contribution in [0.25, 0.3) is 0 Å². The molecule has 1 unspecified atom stereocenters. The second-order valence-corrected chi connectivity index (χ2v) is 7.99. The van der Waals surface area contributed by atoms with Gasteiger partial charge in [0.25, 0.3) is 0 Å².